The highest BCUT2D eigenvalue weighted by molar-refractivity contribution is 5.33. The largest absolute Gasteiger partial charge is 0.315 e. The van der Waals surface area contributed by atoms with Gasteiger partial charge in [-0.2, -0.15) is 0 Å². The van der Waals surface area contributed by atoms with Crippen molar-refractivity contribution in [2.75, 3.05) is 34.2 Å². The maximum atomic E-state index is 10.2. The minimum absolute atomic E-state index is 0.0156. The third-order valence-electron chi connectivity index (χ3n) is 2.75. The van der Waals surface area contributed by atoms with E-state index < -0.39 is 5.66 Å². The molecule has 96 valence electrons. The van der Waals surface area contributed by atoms with Crippen molar-refractivity contribution in [1.29, 1.82) is 0 Å². The molecule has 1 unspecified atom stereocenters. The summed E-state index contributed by atoms with van der Waals surface area (Å²) in [7, 11) is 5.32. The third-order valence-corrected chi connectivity index (χ3v) is 2.75. The fourth-order valence-corrected chi connectivity index (χ4v) is 1.55. The van der Waals surface area contributed by atoms with Crippen LogP contribution >= 0.6 is 0 Å². The molecule has 7 nitrogen and oxygen atoms in total. The van der Waals surface area contributed by atoms with Gasteiger partial charge in [0, 0.05) is 6.04 Å². The van der Waals surface area contributed by atoms with Gasteiger partial charge >= 0.3 is 0 Å². The number of isocyanates is 2. The minimum Gasteiger partial charge on any atom is -0.315 e. The lowest BCUT2D eigenvalue weighted by Gasteiger charge is -2.34. The van der Waals surface area contributed by atoms with Crippen LogP contribution in [-0.2, 0) is 9.59 Å². The predicted molar refractivity (Wildman–Crippen MR) is 64.3 cm³/mol. The molecule has 0 aliphatic carbocycles. The summed E-state index contributed by atoms with van der Waals surface area (Å²) < 4.78 is 0. The Morgan fingerprint density at radius 2 is 1.71 bits per heavy atom. The number of hydrogen-bond acceptors (Lipinski definition) is 7. The monoisotopic (exact) mass is 241 g/mol. The Morgan fingerprint density at radius 3 is 2.12 bits per heavy atom. The van der Waals surface area contributed by atoms with E-state index in [4.69, 9.17) is 0 Å². The minimum atomic E-state index is -0.524. The Kier molecular flexibility index (Phi) is 8.05. The Balaban J connectivity index is 4.68. The van der Waals surface area contributed by atoms with Crippen LogP contribution in [-0.4, -0.2) is 58.1 Å². The molecule has 0 spiro atoms. The van der Waals surface area contributed by atoms with Gasteiger partial charge in [0.1, 0.15) is 0 Å². The lowest BCUT2D eigenvalue weighted by molar-refractivity contribution is 0.253. The summed E-state index contributed by atoms with van der Waals surface area (Å²) in [5.41, 5.74) is -0.524. The van der Waals surface area contributed by atoms with Crippen LogP contribution in [0.1, 0.15) is 6.42 Å². The van der Waals surface area contributed by atoms with Crippen LogP contribution in [0.4, 0.5) is 0 Å². The first-order chi connectivity index (χ1) is 8.17. The van der Waals surface area contributed by atoms with Crippen LogP contribution in [0.15, 0.2) is 9.98 Å². The molecule has 0 aliphatic heterocycles. The number of rotatable bonds is 9. The van der Waals surface area contributed by atoms with Crippen molar-refractivity contribution in [1.82, 2.24) is 16.0 Å². The SMILES string of the molecule is CNC(CN=C=O)CC(CN=C=O)(NC)NC. The van der Waals surface area contributed by atoms with Gasteiger partial charge in [0.15, 0.2) is 0 Å². The van der Waals surface area contributed by atoms with Crippen molar-refractivity contribution in [2.24, 2.45) is 9.98 Å². The van der Waals surface area contributed by atoms with Crippen molar-refractivity contribution in [3.63, 3.8) is 0 Å². The van der Waals surface area contributed by atoms with Gasteiger partial charge in [-0.3, -0.25) is 0 Å². The Hall–Kier alpha value is -1.36. The molecule has 0 rings (SSSR count). The molecule has 17 heavy (non-hydrogen) atoms. The van der Waals surface area contributed by atoms with Crippen molar-refractivity contribution < 1.29 is 9.59 Å². The van der Waals surface area contributed by atoms with E-state index in [-0.39, 0.29) is 12.6 Å². The highest BCUT2D eigenvalue weighted by Crippen LogP contribution is 2.10. The van der Waals surface area contributed by atoms with Gasteiger partial charge < -0.3 is 16.0 Å². The summed E-state index contributed by atoms with van der Waals surface area (Å²) in [6, 6.07) is -0.0156. The van der Waals surface area contributed by atoms with Gasteiger partial charge in [0.25, 0.3) is 0 Å². The summed E-state index contributed by atoms with van der Waals surface area (Å²) >= 11 is 0. The molecule has 0 heterocycles. The average Bonchev–Trinajstić information content (AvgIpc) is 2.39. The van der Waals surface area contributed by atoms with Crippen molar-refractivity contribution in [2.45, 2.75) is 18.1 Å². The quantitative estimate of drug-likeness (QED) is 0.267. The Bertz CT molecular complexity index is 304. The summed E-state index contributed by atoms with van der Waals surface area (Å²) in [6.07, 6.45) is 3.62. The molecule has 0 amide bonds. The predicted octanol–water partition coefficient (Wildman–Crippen LogP) is -1.23. The first-order valence-corrected chi connectivity index (χ1v) is 5.30. The van der Waals surface area contributed by atoms with Gasteiger partial charge in [-0.15, -0.1) is 0 Å². The Morgan fingerprint density at radius 1 is 1.12 bits per heavy atom. The highest BCUT2D eigenvalue weighted by Gasteiger charge is 2.29. The summed E-state index contributed by atoms with van der Waals surface area (Å²) in [6.45, 7) is 0.586. The molecular formula is C10H19N5O2. The number of carbonyl (C=O) groups excluding carboxylic acids is 2. The number of hydrogen-bond donors (Lipinski definition) is 3. The van der Waals surface area contributed by atoms with E-state index in [0.717, 1.165) is 0 Å². The molecule has 0 aliphatic rings. The second-order valence-electron chi connectivity index (χ2n) is 3.61. The van der Waals surface area contributed by atoms with Crippen LogP contribution in [0.25, 0.3) is 0 Å². The van der Waals surface area contributed by atoms with E-state index in [1.807, 2.05) is 0 Å². The second-order valence-corrected chi connectivity index (χ2v) is 3.61. The summed E-state index contributed by atoms with van der Waals surface area (Å²) in [4.78, 5) is 27.4. The molecule has 0 bridgehead atoms. The maximum absolute atomic E-state index is 10.2. The lowest BCUT2D eigenvalue weighted by atomic mass is 10.00. The normalized spacial score (nSPS) is 12.4. The molecule has 0 aromatic carbocycles. The number of aliphatic imine (C=N–C) groups is 2. The maximum Gasteiger partial charge on any atom is 0.235 e. The second kappa shape index (κ2) is 8.75. The summed E-state index contributed by atoms with van der Waals surface area (Å²) in [5.74, 6) is 0. The fourth-order valence-electron chi connectivity index (χ4n) is 1.55. The van der Waals surface area contributed by atoms with E-state index in [0.29, 0.717) is 13.0 Å². The highest BCUT2D eigenvalue weighted by atomic mass is 16.1. The van der Waals surface area contributed by atoms with E-state index in [9.17, 15) is 9.59 Å². The van der Waals surface area contributed by atoms with Gasteiger partial charge in [0.05, 0.1) is 18.8 Å². The average molecular weight is 241 g/mol. The fraction of sp³-hybridized carbons (Fsp3) is 0.800. The molecule has 1 atom stereocenters. The van der Waals surface area contributed by atoms with Crippen LogP contribution in [0.2, 0.25) is 0 Å². The Labute approximate surface area is 101 Å². The van der Waals surface area contributed by atoms with Gasteiger partial charge in [-0.05, 0) is 27.6 Å². The van der Waals surface area contributed by atoms with E-state index in [2.05, 4.69) is 25.9 Å². The molecule has 0 aromatic rings. The topological polar surface area (TPSA) is 95.0 Å². The van der Waals surface area contributed by atoms with Gasteiger partial charge in [-0.1, -0.05) is 0 Å². The van der Waals surface area contributed by atoms with Gasteiger partial charge in [-0.25, -0.2) is 19.6 Å². The van der Waals surface area contributed by atoms with Crippen molar-refractivity contribution in [3.8, 4) is 0 Å². The molecule has 7 heteroatoms. The molecule has 0 aromatic heterocycles. The third kappa shape index (κ3) is 5.49. The number of nitrogens with one attached hydrogen (secondary N) is 3. The van der Waals surface area contributed by atoms with Crippen LogP contribution in [0.5, 0.6) is 0 Å². The first-order valence-electron chi connectivity index (χ1n) is 5.30. The number of likely N-dealkylation sites (N-methyl/N-ethyl adjacent to an activating group) is 3. The molecule has 0 radical (unpaired) electrons. The smallest absolute Gasteiger partial charge is 0.235 e. The number of nitrogens with zero attached hydrogens (tertiary/aromatic N) is 2. The van der Waals surface area contributed by atoms with E-state index >= 15 is 0 Å². The van der Waals surface area contributed by atoms with E-state index in [1.165, 1.54) is 12.2 Å². The molecule has 0 saturated heterocycles. The first kappa shape index (κ1) is 15.6. The van der Waals surface area contributed by atoms with Crippen LogP contribution in [0, 0.1) is 0 Å². The molecule has 0 fully saturated rings. The van der Waals surface area contributed by atoms with Gasteiger partial charge in [0.2, 0.25) is 12.2 Å². The van der Waals surface area contributed by atoms with Crippen LogP contribution < -0.4 is 16.0 Å². The zero-order valence-corrected chi connectivity index (χ0v) is 10.4. The zero-order valence-electron chi connectivity index (χ0n) is 10.4. The van der Waals surface area contributed by atoms with Crippen molar-refractivity contribution in [3.05, 3.63) is 0 Å². The molecule has 3 N–H and O–H groups in total. The lowest BCUT2D eigenvalue weighted by Crippen LogP contribution is -2.59. The summed E-state index contributed by atoms with van der Waals surface area (Å²) in [5, 5.41) is 9.20. The zero-order chi connectivity index (χ0) is 13.1. The molecule has 0 saturated carbocycles. The van der Waals surface area contributed by atoms with Crippen LogP contribution in [0.3, 0.4) is 0 Å². The van der Waals surface area contributed by atoms with Crippen molar-refractivity contribution >= 4 is 12.2 Å². The van der Waals surface area contributed by atoms with E-state index in [1.54, 1.807) is 21.1 Å². The standard InChI is InChI=1S/C10H19N5O2/c1-11-9(5-14-7-16)4-10(12-2,13-3)6-15-8-17/h9,11-13H,4-6H2,1-3H3. The molecular weight excluding hydrogens is 222 g/mol.